The highest BCUT2D eigenvalue weighted by Crippen LogP contribution is 2.44. The number of hydrogen-bond acceptors (Lipinski definition) is 1. The number of anilines is 3. The lowest BCUT2D eigenvalue weighted by atomic mass is 10.0. The molecule has 0 saturated carbocycles. The molecule has 0 spiro atoms. The average Bonchev–Trinajstić information content (AvgIpc) is 2.85. The van der Waals surface area contributed by atoms with Crippen LogP contribution >= 0.6 is 0 Å². The van der Waals surface area contributed by atoms with Crippen LogP contribution < -0.4 is 4.90 Å². The van der Waals surface area contributed by atoms with E-state index in [0.29, 0.717) is 0 Å². The summed E-state index contributed by atoms with van der Waals surface area (Å²) in [6, 6.07) is 45.6. The smallest absolute Gasteiger partial charge is 0.0540 e. The minimum absolute atomic E-state index is 1.19. The van der Waals surface area contributed by atoms with E-state index in [-0.39, 0.29) is 0 Å². The molecule has 0 atom stereocenters. The van der Waals surface area contributed by atoms with Crippen LogP contribution in [0.2, 0.25) is 0 Å². The number of fused-ring (bicyclic) bond motifs is 3. The molecule has 0 radical (unpaired) electrons. The molecule has 0 fully saturated rings. The minimum Gasteiger partial charge on any atom is -0.309 e. The highest BCUT2D eigenvalue weighted by molar-refractivity contribution is 6.08. The van der Waals surface area contributed by atoms with Crippen molar-refractivity contribution in [1.29, 1.82) is 0 Å². The minimum atomic E-state index is 1.19. The molecule has 6 aromatic rings. The predicted molar refractivity (Wildman–Crippen MR) is 134 cm³/mol. The van der Waals surface area contributed by atoms with Gasteiger partial charge in [-0.2, -0.15) is 0 Å². The van der Waals surface area contributed by atoms with Gasteiger partial charge in [-0.1, -0.05) is 109 Å². The van der Waals surface area contributed by atoms with E-state index in [2.05, 4.69) is 132 Å². The first-order valence-corrected chi connectivity index (χ1v) is 10.6. The van der Waals surface area contributed by atoms with Crippen LogP contribution in [0, 0.1) is 0 Å². The van der Waals surface area contributed by atoms with Gasteiger partial charge in [0.15, 0.2) is 0 Å². The third kappa shape index (κ3) is 2.94. The molecular formula is C30H21N. The fraction of sp³-hybridized carbons (Fsp3) is 0. The van der Waals surface area contributed by atoms with Gasteiger partial charge in [0.2, 0.25) is 0 Å². The molecule has 0 bridgehead atoms. The van der Waals surface area contributed by atoms with Crippen LogP contribution in [0.3, 0.4) is 0 Å². The van der Waals surface area contributed by atoms with Crippen molar-refractivity contribution in [3.05, 3.63) is 127 Å². The van der Waals surface area contributed by atoms with Gasteiger partial charge in [0.25, 0.3) is 0 Å². The van der Waals surface area contributed by atoms with Crippen molar-refractivity contribution < 1.29 is 0 Å². The number of benzene rings is 6. The highest BCUT2D eigenvalue weighted by atomic mass is 15.1. The third-order valence-corrected chi connectivity index (χ3v) is 6.02. The molecule has 31 heavy (non-hydrogen) atoms. The van der Waals surface area contributed by atoms with E-state index in [0.717, 1.165) is 0 Å². The van der Waals surface area contributed by atoms with Crippen molar-refractivity contribution in [3.63, 3.8) is 0 Å². The van der Waals surface area contributed by atoms with Crippen molar-refractivity contribution in [2.24, 2.45) is 0 Å². The quantitative estimate of drug-likeness (QED) is 0.290. The van der Waals surface area contributed by atoms with E-state index in [1.165, 1.54) is 49.4 Å². The van der Waals surface area contributed by atoms with Crippen LogP contribution in [0.4, 0.5) is 17.1 Å². The largest absolute Gasteiger partial charge is 0.309 e. The molecule has 0 heterocycles. The van der Waals surface area contributed by atoms with Crippen molar-refractivity contribution in [2.75, 3.05) is 4.90 Å². The molecule has 0 N–H and O–H groups in total. The van der Waals surface area contributed by atoms with Crippen molar-refractivity contribution in [2.45, 2.75) is 0 Å². The second-order valence-corrected chi connectivity index (χ2v) is 7.83. The van der Waals surface area contributed by atoms with Crippen molar-refractivity contribution >= 4 is 49.4 Å². The zero-order chi connectivity index (χ0) is 20.6. The molecule has 0 aliphatic rings. The number of nitrogens with zero attached hydrogens (tertiary/aromatic N) is 1. The normalized spacial score (nSPS) is 11.2. The van der Waals surface area contributed by atoms with Gasteiger partial charge in [0.05, 0.1) is 17.1 Å². The summed E-state index contributed by atoms with van der Waals surface area (Å²) in [5.74, 6) is 0. The van der Waals surface area contributed by atoms with Gasteiger partial charge in [-0.25, -0.2) is 0 Å². The molecule has 6 aromatic carbocycles. The Hall–Kier alpha value is -4.10. The standard InChI is InChI=1S/C30H21N/c1-4-16-25-22(10-1)13-7-19-28(25)31(29-20-8-14-23-11-2-5-17-26(23)29)30-21-9-15-24-12-3-6-18-27(24)30/h1-21H. The molecular weight excluding hydrogens is 374 g/mol. The van der Waals surface area contributed by atoms with Crippen molar-refractivity contribution in [1.82, 2.24) is 0 Å². The summed E-state index contributed by atoms with van der Waals surface area (Å²) < 4.78 is 0. The Bertz CT molecular complexity index is 1340. The van der Waals surface area contributed by atoms with Crippen LogP contribution in [0.5, 0.6) is 0 Å². The Morgan fingerprint density at radius 2 is 0.581 bits per heavy atom. The Labute approximate surface area is 181 Å². The lowest BCUT2D eigenvalue weighted by Crippen LogP contribution is -2.11. The summed E-state index contributed by atoms with van der Waals surface area (Å²) in [6.45, 7) is 0. The Kier molecular flexibility index (Phi) is 4.18. The lowest BCUT2D eigenvalue weighted by molar-refractivity contribution is 1.33. The summed E-state index contributed by atoms with van der Waals surface area (Å²) in [5.41, 5.74) is 3.56. The first-order valence-electron chi connectivity index (χ1n) is 10.6. The fourth-order valence-corrected chi connectivity index (χ4v) is 4.60. The zero-order valence-electron chi connectivity index (χ0n) is 17.1. The first kappa shape index (κ1) is 17.7. The van der Waals surface area contributed by atoms with Gasteiger partial charge in [0, 0.05) is 16.2 Å². The molecule has 1 nitrogen and oxygen atoms in total. The van der Waals surface area contributed by atoms with Crippen LogP contribution in [-0.4, -0.2) is 0 Å². The molecule has 0 saturated heterocycles. The average molecular weight is 396 g/mol. The van der Waals surface area contributed by atoms with Crippen molar-refractivity contribution in [3.8, 4) is 0 Å². The summed E-state index contributed by atoms with van der Waals surface area (Å²) in [4.78, 5) is 2.42. The van der Waals surface area contributed by atoms with Gasteiger partial charge in [-0.15, -0.1) is 0 Å². The molecule has 0 aromatic heterocycles. The summed E-state index contributed by atoms with van der Waals surface area (Å²) in [7, 11) is 0. The topological polar surface area (TPSA) is 3.24 Å². The summed E-state index contributed by atoms with van der Waals surface area (Å²) in [5, 5.41) is 7.45. The lowest BCUT2D eigenvalue weighted by Gasteiger charge is -2.29. The van der Waals surface area contributed by atoms with Gasteiger partial charge < -0.3 is 4.90 Å². The molecule has 0 unspecified atom stereocenters. The van der Waals surface area contributed by atoms with E-state index >= 15 is 0 Å². The maximum atomic E-state index is 2.42. The summed E-state index contributed by atoms with van der Waals surface area (Å²) in [6.07, 6.45) is 0. The van der Waals surface area contributed by atoms with Gasteiger partial charge in [0.1, 0.15) is 0 Å². The zero-order valence-corrected chi connectivity index (χ0v) is 17.1. The highest BCUT2D eigenvalue weighted by Gasteiger charge is 2.19. The first-order chi connectivity index (χ1) is 15.4. The number of hydrogen-bond donors (Lipinski definition) is 0. The van der Waals surface area contributed by atoms with E-state index < -0.39 is 0 Å². The monoisotopic (exact) mass is 395 g/mol. The maximum absolute atomic E-state index is 2.42. The van der Waals surface area contributed by atoms with Crippen LogP contribution in [0.25, 0.3) is 32.3 Å². The van der Waals surface area contributed by atoms with E-state index in [1.54, 1.807) is 0 Å². The molecule has 0 aliphatic heterocycles. The Morgan fingerprint density at radius 3 is 0.935 bits per heavy atom. The third-order valence-electron chi connectivity index (χ3n) is 6.02. The Morgan fingerprint density at radius 1 is 0.290 bits per heavy atom. The second-order valence-electron chi connectivity index (χ2n) is 7.83. The molecule has 1 heteroatoms. The SMILES string of the molecule is c1ccc2c(N(c3cccc4ccccc34)c3cccc4ccccc34)cccc2c1. The van der Waals surface area contributed by atoms with E-state index in [9.17, 15) is 0 Å². The molecule has 6 rings (SSSR count). The second kappa shape index (κ2) is 7.30. The number of rotatable bonds is 3. The van der Waals surface area contributed by atoms with Crippen LogP contribution in [0.1, 0.15) is 0 Å². The summed E-state index contributed by atoms with van der Waals surface area (Å²) >= 11 is 0. The fourth-order valence-electron chi connectivity index (χ4n) is 4.60. The predicted octanol–water partition coefficient (Wildman–Crippen LogP) is 8.62. The van der Waals surface area contributed by atoms with Crippen LogP contribution in [0.15, 0.2) is 127 Å². The van der Waals surface area contributed by atoms with E-state index in [4.69, 9.17) is 0 Å². The van der Waals surface area contributed by atoms with Crippen LogP contribution in [-0.2, 0) is 0 Å². The Balaban J connectivity index is 1.75. The van der Waals surface area contributed by atoms with Gasteiger partial charge >= 0.3 is 0 Å². The van der Waals surface area contributed by atoms with E-state index in [1.807, 2.05) is 0 Å². The molecule has 0 aliphatic carbocycles. The maximum Gasteiger partial charge on any atom is 0.0540 e. The van der Waals surface area contributed by atoms with Gasteiger partial charge in [-0.05, 0) is 34.4 Å². The molecule has 0 amide bonds. The molecule has 146 valence electrons. The van der Waals surface area contributed by atoms with Gasteiger partial charge in [-0.3, -0.25) is 0 Å².